The third-order valence-corrected chi connectivity index (χ3v) is 4.94. The van der Waals surface area contributed by atoms with Crippen LogP contribution in [0.25, 0.3) is 22.0 Å². The Morgan fingerprint density at radius 2 is 1.72 bits per heavy atom. The number of ether oxygens (including phenoxy) is 4. The van der Waals surface area contributed by atoms with Crippen molar-refractivity contribution >= 4 is 22.0 Å². The summed E-state index contributed by atoms with van der Waals surface area (Å²) in [6.07, 6.45) is -5.54. The van der Waals surface area contributed by atoms with E-state index in [9.17, 15) is 20.4 Å². The molecule has 1 aromatic carbocycles. The molecular weight excluding hydrogens is 386 g/mol. The molecule has 4 rings (SSSR count). The van der Waals surface area contributed by atoms with Gasteiger partial charge in [-0.15, -0.1) is 0 Å². The number of aliphatic hydroxyl groups is 4. The Morgan fingerprint density at radius 3 is 2.41 bits per heavy atom. The Kier molecular flexibility index (Phi) is 5.19. The Balaban J connectivity index is 1.77. The van der Waals surface area contributed by atoms with Crippen LogP contribution in [-0.4, -0.2) is 76.9 Å². The first-order valence-electron chi connectivity index (χ1n) is 8.89. The van der Waals surface area contributed by atoms with E-state index in [0.29, 0.717) is 27.8 Å². The van der Waals surface area contributed by atoms with E-state index >= 15 is 0 Å². The smallest absolute Gasteiger partial charge is 0.230 e. The molecule has 29 heavy (non-hydrogen) atoms. The molecule has 4 N–H and O–H groups in total. The molecule has 2 aromatic heterocycles. The molecule has 0 amide bonds. The quantitative estimate of drug-likeness (QED) is 0.462. The molecule has 1 aliphatic rings. The van der Waals surface area contributed by atoms with Gasteiger partial charge in [-0.05, 0) is 18.2 Å². The summed E-state index contributed by atoms with van der Waals surface area (Å²) in [5.74, 6) is 0.956. The minimum Gasteiger partial charge on any atom is -0.495 e. The molecule has 3 aromatic rings. The minimum absolute atomic E-state index is 0.171. The zero-order valence-electron chi connectivity index (χ0n) is 15.7. The maximum absolute atomic E-state index is 10.2. The summed E-state index contributed by atoms with van der Waals surface area (Å²) in [5.41, 5.74) is 0.742. The molecule has 0 unspecified atom stereocenters. The Morgan fingerprint density at radius 1 is 0.966 bits per heavy atom. The van der Waals surface area contributed by atoms with Gasteiger partial charge < -0.3 is 43.8 Å². The van der Waals surface area contributed by atoms with Gasteiger partial charge in [0.25, 0.3) is 0 Å². The number of aliphatic hydroxyl groups excluding tert-OH is 4. The molecule has 5 atom stereocenters. The molecule has 0 spiro atoms. The van der Waals surface area contributed by atoms with E-state index < -0.39 is 37.3 Å². The molecule has 156 valence electrons. The summed E-state index contributed by atoms with van der Waals surface area (Å²) in [7, 11) is 2.96. The van der Waals surface area contributed by atoms with E-state index in [1.165, 1.54) is 20.5 Å². The van der Waals surface area contributed by atoms with Crippen molar-refractivity contribution in [2.24, 2.45) is 0 Å². The number of methoxy groups -OCH3 is 2. The number of benzene rings is 1. The van der Waals surface area contributed by atoms with Crippen molar-refractivity contribution in [3.63, 3.8) is 0 Å². The second-order valence-electron chi connectivity index (χ2n) is 6.59. The molecule has 10 heteroatoms. The van der Waals surface area contributed by atoms with Crippen molar-refractivity contribution in [3.05, 3.63) is 24.5 Å². The van der Waals surface area contributed by atoms with Crippen molar-refractivity contribution in [1.82, 2.24) is 4.98 Å². The highest BCUT2D eigenvalue weighted by molar-refractivity contribution is 6.02. The van der Waals surface area contributed by atoms with Gasteiger partial charge in [-0.25, -0.2) is 4.98 Å². The van der Waals surface area contributed by atoms with Crippen LogP contribution in [0.5, 0.6) is 17.2 Å². The molecule has 0 radical (unpaired) electrons. The monoisotopic (exact) mass is 407 g/mol. The van der Waals surface area contributed by atoms with Crippen molar-refractivity contribution in [1.29, 1.82) is 0 Å². The number of nitrogens with zero attached hydrogens (tertiary/aromatic N) is 1. The summed E-state index contributed by atoms with van der Waals surface area (Å²) in [6.45, 7) is -0.561. The molecule has 3 heterocycles. The van der Waals surface area contributed by atoms with Crippen molar-refractivity contribution in [3.8, 4) is 17.2 Å². The van der Waals surface area contributed by atoms with E-state index in [4.69, 9.17) is 23.4 Å². The number of hydrogen-bond acceptors (Lipinski definition) is 10. The maximum atomic E-state index is 10.2. The average Bonchev–Trinajstić information content (AvgIpc) is 3.20. The summed E-state index contributed by atoms with van der Waals surface area (Å²) in [5, 5.41) is 40.8. The lowest BCUT2D eigenvalue weighted by Crippen LogP contribution is -2.60. The van der Waals surface area contributed by atoms with Crippen molar-refractivity contribution in [2.45, 2.75) is 30.7 Å². The predicted octanol–water partition coefficient (Wildman–Crippen LogP) is 0.177. The van der Waals surface area contributed by atoms with Gasteiger partial charge in [0.05, 0.1) is 32.5 Å². The lowest BCUT2D eigenvalue weighted by Gasteiger charge is -2.39. The van der Waals surface area contributed by atoms with Crippen molar-refractivity contribution < 1.29 is 43.8 Å². The summed E-state index contributed by atoms with van der Waals surface area (Å²) < 4.78 is 27.5. The summed E-state index contributed by atoms with van der Waals surface area (Å²) in [6, 6.07) is 5.03. The number of fused-ring (bicyclic) bond motifs is 2. The topological polar surface area (TPSA) is 144 Å². The van der Waals surface area contributed by atoms with Crippen LogP contribution in [0, 0.1) is 0 Å². The van der Waals surface area contributed by atoms with E-state index in [0.717, 1.165) is 0 Å². The van der Waals surface area contributed by atoms with Gasteiger partial charge >= 0.3 is 0 Å². The van der Waals surface area contributed by atoms with E-state index in [2.05, 4.69) is 4.98 Å². The predicted molar refractivity (Wildman–Crippen MR) is 99.0 cm³/mol. The van der Waals surface area contributed by atoms with Gasteiger partial charge in [0.1, 0.15) is 35.7 Å². The highest BCUT2D eigenvalue weighted by Gasteiger charge is 2.45. The third-order valence-electron chi connectivity index (χ3n) is 4.94. The fourth-order valence-corrected chi connectivity index (χ4v) is 3.45. The van der Waals surface area contributed by atoms with E-state index in [1.807, 2.05) is 0 Å². The molecule has 0 bridgehead atoms. The average molecular weight is 407 g/mol. The molecule has 0 saturated carbocycles. The summed E-state index contributed by atoms with van der Waals surface area (Å²) >= 11 is 0. The fourth-order valence-electron chi connectivity index (χ4n) is 3.45. The highest BCUT2D eigenvalue weighted by atomic mass is 16.7. The first kappa shape index (κ1) is 19.7. The van der Waals surface area contributed by atoms with Gasteiger partial charge in [-0.3, -0.25) is 0 Å². The van der Waals surface area contributed by atoms with Crippen LogP contribution in [0.15, 0.2) is 28.9 Å². The standard InChI is InChI=1S/C19H21NO9/c1-25-16-8-3-4-10(17(26-2)12(8)20-18-9(16)5-6-27-18)28-19-15(24)14(23)13(22)11(7-21)29-19/h3-6,11,13-15,19,21-24H,7H2,1-2H3/t11-,13-,14+,15+,19-/m1/s1. The Labute approximate surface area is 164 Å². The van der Waals surface area contributed by atoms with Gasteiger partial charge in [0.15, 0.2) is 11.5 Å². The fraction of sp³-hybridized carbons (Fsp3) is 0.421. The van der Waals surface area contributed by atoms with Crippen LogP contribution >= 0.6 is 0 Å². The van der Waals surface area contributed by atoms with E-state index in [-0.39, 0.29) is 11.5 Å². The number of furan rings is 1. The molecule has 1 aliphatic heterocycles. The highest BCUT2D eigenvalue weighted by Crippen LogP contribution is 2.42. The molecule has 1 fully saturated rings. The van der Waals surface area contributed by atoms with Crippen molar-refractivity contribution in [2.75, 3.05) is 20.8 Å². The number of hydrogen-bond donors (Lipinski definition) is 4. The largest absolute Gasteiger partial charge is 0.495 e. The van der Waals surface area contributed by atoms with Crippen LogP contribution in [0.3, 0.4) is 0 Å². The number of rotatable bonds is 5. The zero-order valence-corrected chi connectivity index (χ0v) is 15.7. The van der Waals surface area contributed by atoms with Gasteiger partial charge in [0, 0.05) is 5.39 Å². The van der Waals surface area contributed by atoms with Crippen LogP contribution in [0.2, 0.25) is 0 Å². The second-order valence-corrected chi connectivity index (χ2v) is 6.59. The molecule has 0 aliphatic carbocycles. The number of pyridine rings is 1. The first-order chi connectivity index (χ1) is 14.0. The normalized spacial score (nSPS) is 27.3. The minimum atomic E-state index is -1.56. The molecular formula is C19H21NO9. The van der Waals surface area contributed by atoms with Crippen LogP contribution in [-0.2, 0) is 4.74 Å². The lowest BCUT2D eigenvalue weighted by atomic mass is 9.99. The second kappa shape index (κ2) is 7.65. The SMILES string of the molecule is COc1c2ccoc2nc2c(OC)c(O[C@@H]3O[C@H](CO)[C@@H](O)[C@H](O)[C@@H]3O)ccc12. The molecule has 10 nitrogen and oxygen atoms in total. The summed E-state index contributed by atoms with van der Waals surface area (Å²) in [4.78, 5) is 4.46. The maximum Gasteiger partial charge on any atom is 0.230 e. The molecule has 1 saturated heterocycles. The third kappa shape index (κ3) is 3.15. The van der Waals surface area contributed by atoms with Gasteiger partial charge in [-0.1, -0.05) is 0 Å². The van der Waals surface area contributed by atoms with Crippen LogP contribution in [0.4, 0.5) is 0 Å². The van der Waals surface area contributed by atoms with Crippen LogP contribution < -0.4 is 14.2 Å². The Bertz CT molecular complexity index is 1020. The lowest BCUT2D eigenvalue weighted by molar-refractivity contribution is -0.277. The zero-order chi connectivity index (χ0) is 20.7. The van der Waals surface area contributed by atoms with E-state index in [1.54, 1.807) is 18.2 Å². The first-order valence-corrected chi connectivity index (χ1v) is 8.89. The van der Waals surface area contributed by atoms with Crippen LogP contribution in [0.1, 0.15) is 0 Å². The van der Waals surface area contributed by atoms with Gasteiger partial charge in [0.2, 0.25) is 12.0 Å². The Hall–Kier alpha value is -2.63. The number of aromatic nitrogens is 1. The van der Waals surface area contributed by atoms with Gasteiger partial charge in [-0.2, -0.15) is 0 Å².